The molecule has 1 aromatic heterocycles. The number of benzene rings is 1. The van der Waals surface area contributed by atoms with Gasteiger partial charge < -0.3 is 9.64 Å². The zero-order valence-corrected chi connectivity index (χ0v) is 9.99. The van der Waals surface area contributed by atoms with Crippen LogP contribution in [0.2, 0.25) is 0 Å². The molecule has 0 atom stereocenters. The van der Waals surface area contributed by atoms with Crippen molar-refractivity contribution in [2.45, 2.75) is 0 Å². The monoisotopic (exact) mass is 242 g/mol. The van der Waals surface area contributed by atoms with Gasteiger partial charge in [0.2, 0.25) is 0 Å². The van der Waals surface area contributed by atoms with Gasteiger partial charge in [-0.2, -0.15) is 0 Å². The van der Waals surface area contributed by atoms with Crippen LogP contribution in [-0.4, -0.2) is 41.5 Å². The highest BCUT2D eigenvalue weighted by Gasteiger charge is 2.18. The molecule has 2 aromatic rings. The van der Waals surface area contributed by atoms with Crippen molar-refractivity contribution < 1.29 is 4.74 Å². The molecule has 2 heterocycles. The van der Waals surface area contributed by atoms with E-state index in [2.05, 4.69) is 20.1 Å². The molecule has 0 saturated carbocycles. The van der Waals surface area contributed by atoms with E-state index in [9.17, 15) is 0 Å². The molecule has 1 aliphatic rings. The summed E-state index contributed by atoms with van der Waals surface area (Å²) in [5, 5.41) is 8.14. The smallest absolute Gasteiger partial charge is 0.178 e. The molecule has 1 aromatic carbocycles. The van der Waals surface area contributed by atoms with E-state index in [1.54, 1.807) is 0 Å². The molecule has 5 heteroatoms. The van der Waals surface area contributed by atoms with E-state index in [1.165, 1.54) is 6.33 Å². The summed E-state index contributed by atoms with van der Waals surface area (Å²) >= 11 is 0. The summed E-state index contributed by atoms with van der Waals surface area (Å²) in [7, 11) is 0. The van der Waals surface area contributed by atoms with Crippen molar-refractivity contribution in [3.8, 4) is 11.3 Å². The molecule has 18 heavy (non-hydrogen) atoms. The van der Waals surface area contributed by atoms with Gasteiger partial charge in [-0.05, 0) is 0 Å². The summed E-state index contributed by atoms with van der Waals surface area (Å²) in [6, 6.07) is 10.1. The molecular weight excluding hydrogens is 228 g/mol. The van der Waals surface area contributed by atoms with Gasteiger partial charge in [0.25, 0.3) is 0 Å². The standard InChI is InChI=1S/C13H14N4O/c1-2-4-11(5-3-1)12-13(16-15-10-14-12)17-6-8-18-9-7-17/h1-5,10H,6-9H2. The average Bonchev–Trinajstić information content (AvgIpc) is 2.49. The minimum Gasteiger partial charge on any atom is -0.378 e. The Labute approximate surface area is 105 Å². The Kier molecular flexibility index (Phi) is 3.14. The van der Waals surface area contributed by atoms with E-state index in [-0.39, 0.29) is 0 Å². The summed E-state index contributed by atoms with van der Waals surface area (Å²) in [6.45, 7) is 3.12. The first-order valence-electron chi connectivity index (χ1n) is 6.01. The molecule has 0 spiro atoms. The van der Waals surface area contributed by atoms with Crippen LogP contribution in [0.5, 0.6) is 0 Å². The van der Waals surface area contributed by atoms with Gasteiger partial charge in [-0.25, -0.2) is 4.98 Å². The maximum atomic E-state index is 5.36. The first-order chi connectivity index (χ1) is 8.95. The summed E-state index contributed by atoms with van der Waals surface area (Å²) in [5.41, 5.74) is 1.95. The first kappa shape index (κ1) is 11.1. The Morgan fingerprint density at radius 1 is 1.06 bits per heavy atom. The Morgan fingerprint density at radius 3 is 2.61 bits per heavy atom. The molecule has 0 unspecified atom stereocenters. The number of ether oxygens (including phenoxy) is 1. The number of hydrogen-bond acceptors (Lipinski definition) is 5. The van der Waals surface area contributed by atoms with E-state index in [0.717, 1.165) is 43.4 Å². The third kappa shape index (κ3) is 2.17. The van der Waals surface area contributed by atoms with Gasteiger partial charge in [-0.15, -0.1) is 10.2 Å². The predicted octanol–water partition coefficient (Wildman–Crippen LogP) is 1.38. The lowest BCUT2D eigenvalue weighted by Gasteiger charge is -2.28. The molecule has 0 radical (unpaired) electrons. The van der Waals surface area contributed by atoms with Crippen molar-refractivity contribution >= 4 is 5.82 Å². The summed E-state index contributed by atoms with van der Waals surface area (Å²) in [4.78, 5) is 6.54. The highest BCUT2D eigenvalue weighted by atomic mass is 16.5. The fourth-order valence-corrected chi connectivity index (χ4v) is 2.06. The van der Waals surface area contributed by atoms with Crippen LogP contribution in [0.4, 0.5) is 5.82 Å². The molecular formula is C13H14N4O. The fourth-order valence-electron chi connectivity index (χ4n) is 2.06. The summed E-state index contributed by atoms with van der Waals surface area (Å²) < 4.78 is 5.36. The van der Waals surface area contributed by atoms with Crippen LogP contribution in [0.3, 0.4) is 0 Å². The molecule has 0 aliphatic carbocycles. The Bertz CT molecular complexity index is 511. The summed E-state index contributed by atoms with van der Waals surface area (Å²) in [5.74, 6) is 0.840. The van der Waals surface area contributed by atoms with E-state index in [1.807, 2.05) is 30.3 Å². The van der Waals surface area contributed by atoms with Crippen LogP contribution < -0.4 is 4.90 Å². The maximum absolute atomic E-state index is 5.36. The zero-order chi connectivity index (χ0) is 12.2. The van der Waals surface area contributed by atoms with Crippen molar-refractivity contribution in [1.29, 1.82) is 0 Å². The van der Waals surface area contributed by atoms with Gasteiger partial charge in [0.15, 0.2) is 5.82 Å². The minimum atomic E-state index is 0.727. The fraction of sp³-hybridized carbons (Fsp3) is 0.308. The number of nitrogens with zero attached hydrogens (tertiary/aromatic N) is 4. The van der Waals surface area contributed by atoms with E-state index in [0.29, 0.717) is 0 Å². The third-order valence-corrected chi connectivity index (χ3v) is 2.96. The normalized spacial score (nSPS) is 15.7. The highest BCUT2D eigenvalue weighted by molar-refractivity contribution is 5.71. The van der Waals surface area contributed by atoms with Crippen LogP contribution in [0.1, 0.15) is 0 Å². The van der Waals surface area contributed by atoms with Crippen molar-refractivity contribution in [3.63, 3.8) is 0 Å². The van der Waals surface area contributed by atoms with Crippen molar-refractivity contribution in [1.82, 2.24) is 15.2 Å². The van der Waals surface area contributed by atoms with Crippen molar-refractivity contribution in [2.24, 2.45) is 0 Å². The Balaban J connectivity index is 1.99. The second kappa shape index (κ2) is 5.10. The average molecular weight is 242 g/mol. The number of hydrogen-bond donors (Lipinski definition) is 0. The van der Waals surface area contributed by atoms with Crippen LogP contribution in [0, 0.1) is 0 Å². The van der Waals surface area contributed by atoms with Gasteiger partial charge in [-0.3, -0.25) is 0 Å². The number of morpholine rings is 1. The van der Waals surface area contributed by atoms with Crippen molar-refractivity contribution in [2.75, 3.05) is 31.2 Å². The van der Waals surface area contributed by atoms with E-state index in [4.69, 9.17) is 4.74 Å². The number of aromatic nitrogens is 3. The molecule has 1 aliphatic heterocycles. The Morgan fingerprint density at radius 2 is 1.83 bits per heavy atom. The second-order valence-electron chi connectivity index (χ2n) is 4.10. The zero-order valence-electron chi connectivity index (χ0n) is 9.99. The largest absolute Gasteiger partial charge is 0.378 e. The van der Waals surface area contributed by atoms with Crippen LogP contribution in [-0.2, 0) is 4.74 Å². The Hall–Kier alpha value is -2.01. The van der Waals surface area contributed by atoms with Gasteiger partial charge in [0.05, 0.1) is 13.2 Å². The lowest BCUT2D eigenvalue weighted by molar-refractivity contribution is 0.122. The van der Waals surface area contributed by atoms with E-state index >= 15 is 0 Å². The SMILES string of the molecule is c1ccc(-c2ncnnc2N2CCOCC2)cc1. The number of rotatable bonds is 2. The quantitative estimate of drug-likeness (QED) is 0.796. The summed E-state index contributed by atoms with van der Waals surface area (Å²) in [6.07, 6.45) is 1.49. The van der Waals surface area contributed by atoms with Gasteiger partial charge >= 0.3 is 0 Å². The number of anilines is 1. The first-order valence-corrected chi connectivity index (χ1v) is 6.01. The van der Waals surface area contributed by atoms with Crippen LogP contribution in [0.15, 0.2) is 36.7 Å². The highest BCUT2D eigenvalue weighted by Crippen LogP contribution is 2.25. The maximum Gasteiger partial charge on any atom is 0.178 e. The van der Waals surface area contributed by atoms with Crippen LogP contribution >= 0.6 is 0 Å². The van der Waals surface area contributed by atoms with Crippen molar-refractivity contribution in [3.05, 3.63) is 36.7 Å². The lowest BCUT2D eigenvalue weighted by atomic mass is 10.1. The molecule has 1 fully saturated rings. The molecule has 0 N–H and O–H groups in total. The molecule has 0 amide bonds. The molecule has 3 rings (SSSR count). The molecule has 1 saturated heterocycles. The van der Waals surface area contributed by atoms with Gasteiger partial charge in [0, 0.05) is 18.7 Å². The molecule has 0 bridgehead atoms. The predicted molar refractivity (Wildman–Crippen MR) is 68.3 cm³/mol. The third-order valence-electron chi connectivity index (χ3n) is 2.96. The van der Waals surface area contributed by atoms with Gasteiger partial charge in [0.1, 0.15) is 12.0 Å². The van der Waals surface area contributed by atoms with Crippen LogP contribution in [0.25, 0.3) is 11.3 Å². The van der Waals surface area contributed by atoms with E-state index < -0.39 is 0 Å². The van der Waals surface area contributed by atoms with Gasteiger partial charge in [-0.1, -0.05) is 30.3 Å². The second-order valence-corrected chi connectivity index (χ2v) is 4.10. The lowest BCUT2D eigenvalue weighted by Crippen LogP contribution is -2.37. The molecule has 5 nitrogen and oxygen atoms in total. The molecule has 92 valence electrons. The minimum absolute atomic E-state index is 0.727. The topological polar surface area (TPSA) is 51.1 Å².